The Morgan fingerprint density at radius 3 is 2.20 bits per heavy atom. The fourth-order valence-corrected chi connectivity index (χ4v) is 8.42. The first-order chi connectivity index (χ1) is 38.1. The molecule has 0 aliphatic heterocycles. The van der Waals surface area contributed by atoms with Crippen LogP contribution in [0.1, 0.15) is 117 Å². The van der Waals surface area contributed by atoms with E-state index >= 15 is 0 Å². The van der Waals surface area contributed by atoms with E-state index in [4.69, 9.17) is 26.3 Å². The van der Waals surface area contributed by atoms with Crippen molar-refractivity contribution in [1.82, 2.24) is 9.97 Å². The summed E-state index contributed by atoms with van der Waals surface area (Å²) in [5.74, 6) is -0.968. The molecule has 1 radical (unpaired) electrons. The number of rotatable bonds is 7. The summed E-state index contributed by atoms with van der Waals surface area (Å²) >= 11 is 0. The third kappa shape index (κ3) is 10.2. The molecule has 1 aliphatic carbocycles. The van der Waals surface area contributed by atoms with Gasteiger partial charge in [0, 0.05) is 59.9 Å². The van der Waals surface area contributed by atoms with E-state index in [0.717, 1.165) is 18.4 Å². The molecule has 10 rings (SSSR count). The van der Waals surface area contributed by atoms with Gasteiger partial charge in [-0.05, 0) is 118 Å². The van der Waals surface area contributed by atoms with Crippen LogP contribution in [0.3, 0.4) is 0 Å². The number of aryl methyl sites for hydroxylation is 3. The Morgan fingerprint density at radius 1 is 0.712 bits per heavy atom. The molecule has 0 amide bonds. The smallest absolute Gasteiger partial charge is 0.128 e. The summed E-state index contributed by atoms with van der Waals surface area (Å²) in [6, 6.07) is 35.1. The topological polar surface area (TPSA) is 38.9 Å². The third-order valence-corrected chi connectivity index (χ3v) is 11.9. The van der Waals surface area contributed by atoms with Gasteiger partial charge in [0.15, 0.2) is 0 Å². The van der Waals surface area contributed by atoms with Crippen molar-refractivity contribution in [2.75, 3.05) is 0 Å². The Morgan fingerprint density at radius 2 is 1.47 bits per heavy atom. The quantitative estimate of drug-likeness (QED) is 0.149. The molecule has 1 fully saturated rings. The molecule has 1 saturated carbocycles. The van der Waals surface area contributed by atoms with Crippen LogP contribution >= 0.6 is 0 Å². The standard InChI is InChI=1S/C39H36NO.C23H24N.Ir/c1-25-22-29(27-18-20-39(3,4)21-19-27)16-17-30(25)35-23-36(40-24-26(35)2)34-15-9-14-33-32-13-8-12-31(37(32)41-38(33)34)28-10-6-5-7-11-28;1-17-10-12-20(14-21(17)19-8-6-5-7-9-19)22-13-11-18(16-24-22)15-23(2,3)4;/h5-14,16-17,22-24,27H,18-21H2,1-4H3;5-11,13-14,16H,15H2,1-4H3;/q2*-1;/i1D3,2D3,5D,6D,7D,10D,11D,27D;1D3,15D2;. The Labute approximate surface area is 430 Å². The number of benzene rings is 6. The maximum atomic E-state index is 9.30. The Hall–Kier alpha value is -5.93. The monoisotopic (exact) mass is 1060 g/mol. The van der Waals surface area contributed by atoms with Gasteiger partial charge in [-0.1, -0.05) is 173 Å². The molecule has 0 spiro atoms. The molecule has 9 aromatic rings. The second-order valence-corrected chi connectivity index (χ2v) is 18.4. The first-order valence-electron chi connectivity index (χ1n) is 30.3. The molecule has 0 bridgehead atoms. The van der Waals surface area contributed by atoms with Crippen molar-refractivity contribution in [1.29, 1.82) is 0 Å². The van der Waals surface area contributed by atoms with Crippen LogP contribution in [0.5, 0.6) is 0 Å². The second-order valence-electron chi connectivity index (χ2n) is 18.4. The number of hydrogen-bond acceptors (Lipinski definition) is 3. The minimum Gasteiger partial charge on any atom is -0.500 e. The zero-order valence-electron chi connectivity index (χ0n) is 54.5. The van der Waals surface area contributed by atoms with Crippen LogP contribution < -0.4 is 0 Å². The molecule has 66 heavy (non-hydrogen) atoms. The van der Waals surface area contributed by atoms with Crippen molar-refractivity contribution in [2.24, 2.45) is 10.8 Å². The first-order valence-corrected chi connectivity index (χ1v) is 21.8. The van der Waals surface area contributed by atoms with Gasteiger partial charge >= 0.3 is 0 Å². The molecule has 3 heterocycles. The summed E-state index contributed by atoms with van der Waals surface area (Å²) in [5, 5.41) is 1.23. The SMILES string of the molecule is [2H]C([2H])([2H])c1c[c-]c(-c2ccc(C([2H])([2H])C(C)(C)C)cn2)cc1-c1ccccc1.[2H]c1c([2H])c([2H])c(-c2cccc3c2oc2c(-c4cc(-c5ccc(C6([2H])CCC(C)(C)CC6)cc5C([2H])([2H])[2H])c(C([2H])([2H])[2H])cn4)[c-]ccc23)c([2H])c1[2H].[Ir]. The summed E-state index contributed by atoms with van der Waals surface area (Å²) in [5.41, 5.74) is 5.23. The van der Waals surface area contributed by atoms with Crippen LogP contribution in [0.4, 0.5) is 0 Å². The normalized spacial score (nSPS) is 18.8. The van der Waals surface area contributed by atoms with Crippen LogP contribution in [0.2, 0.25) is 0 Å². The molecular weight excluding hydrogens is 981 g/mol. The van der Waals surface area contributed by atoms with Crippen molar-refractivity contribution in [2.45, 2.75) is 93.1 Å². The van der Waals surface area contributed by atoms with E-state index in [1.54, 1.807) is 72.9 Å². The van der Waals surface area contributed by atoms with Gasteiger partial charge < -0.3 is 14.4 Å². The van der Waals surface area contributed by atoms with Gasteiger partial charge in [-0.25, -0.2) is 0 Å². The van der Waals surface area contributed by atoms with E-state index in [0.29, 0.717) is 68.3 Å². The van der Waals surface area contributed by atoms with Gasteiger partial charge in [-0.15, -0.1) is 47.5 Å². The molecule has 3 aromatic heterocycles. The van der Waals surface area contributed by atoms with Gasteiger partial charge in [0.25, 0.3) is 0 Å². The van der Waals surface area contributed by atoms with Crippen molar-refractivity contribution in [3.63, 3.8) is 0 Å². The predicted molar refractivity (Wildman–Crippen MR) is 273 cm³/mol. The largest absolute Gasteiger partial charge is 0.500 e. The van der Waals surface area contributed by atoms with Gasteiger partial charge in [-0.2, -0.15) is 0 Å². The van der Waals surface area contributed by atoms with Crippen molar-refractivity contribution < 1.29 is 47.8 Å². The summed E-state index contributed by atoms with van der Waals surface area (Å²) < 4.78 is 148. The molecule has 1 aliphatic rings. The Kier molecular flexibility index (Phi) is 8.76. The predicted octanol–water partition coefficient (Wildman–Crippen LogP) is 17.2. The van der Waals surface area contributed by atoms with Gasteiger partial charge in [-0.3, -0.25) is 0 Å². The maximum absolute atomic E-state index is 9.30. The van der Waals surface area contributed by atoms with E-state index in [9.17, 15) is 1.37 Å². The molecule has 3 nitrogen and oxygen atoms in total. The zero-order valence-corrected chi connectivity index (χ0v) is 39.9. The number of pyridine rings is 2. The van der Waals surface area contributed by atoms with Crippen molar-refractivity contribution >= 4 is 21.9 Å². The maximum Gasteiger partial charge on any atom is 0.128 e. The van der Waals surface area contributed by atoms with E-state index in [-0.39, 0.29) is 82.3 Å². The van der Waals surface area contributed by atoms with Gasteiger partial charge in [0.2, 0.25) is 0 Å². The zero-order chi connectivity index (χ0) is 59.9. The minimum absolute atomic E-state index is 0. The number of para-hydroxylation sites is 1. The van der Waals surface area contributed by atoms with E-state index in [2.05, 4.69) is 35.9 Å². The average molecular weight is 1060 g/mol. The Balaban J connectivity index is 0.000000254. The number of hydrogen-bond donors (Lipinski definition) is 0. The molecule has 0 saturated heterocycles. The first kappa shape index (κ1) is 29.7. The fraction of sp³-hybridized carbons (Fsp3) is 0.258. The average Bonchev–Trinajstić information content (AvgIpc) is 3.62. The molecular formula is C62H60IrN2O-2. The fourth-order valence-electron chi connectivity index (χ4n) is 8.42. The summed E-state index contributed by atoms with van der Waals surface area (Å²) in [4.78, 5) is 8.96. The number of nitrogens with zero attached hydrogens (tertiary/aromatic N) is 2. The van der Waals surface area contributed by atoms with Gasteiger partial charge in [0.1, 0.15) is 5.58 Å². The van der Waals surface area contributed by atoms with Crippen LogP contribution in [0, 0.1) is 43.5 Å². The summed E-state index contributed by atoms with van der Waals surface area (Å²) in [6.07, 6.45) is 4.05. The second kappa shape index (κ2) is 19.5. The van der Waals surface area contributed by atoms with Crippen LogP contribution in [-0.4, -0.2) is 9.97 Å². The van der Waals surface area contributed by atoms with E-state index < -0.39 is 56.4 Å². The van der Waals surface area contributed by atoms with Crippen LogP contribution in [0.25, 0.3) is 77.8 Å². The molecule has 6 aromatic carbocycles. The molecule has 0 atom stereocenters. The number of aromatic nitrogens is 2. The van der Waals surface area contributed by atoms with Gasteiger partial charge in [0.05, 0.1) is 12.4 Å². The minimum atomic E-state index is -2.65. The number of furan rings is 1. The molecule has 0 unspecified atom stereocenters. The van der Waals surface area contributed by atoms with E-state index in [1.165, 1.54) is 18.3 Å². The van der Waals surface area contributed by atoms with Crippen molar-refractivity contribution in [3.8, 4) is 55.9 Å². The summed E-state index contributed by atoms with van der Waals surface area (Å²) in [6.45, 7) is 2.38. The third-order valence-electron chi connectivity index (χ3n) is 11.9. The Bertz CT molecular complexity index is 3860. The summed E-state index contributed by atoms with van der Waals surface area (Å²) in [7, 11) is 0. The van der Waals surface area contributed by atoms with E-state index in [1.807, 2.05) is 51.1 Å². The molecule has 4 heteroatoms. The number of fused-ring (bicyclic) bond motifs is 3. The molecule has 335 valence electrons. The van der Waals surface area contributed by atoms with Crippen LogP contribution in [0.15, 0.2) is 156 Å². The van der Waals surface area contributed by atoms with Crippen molar-refractivity contribution in [3.05, 3.63) is 192 Å². The molecule has 0 N–H and O–H groups in total. The van der Waals surface area contributed by atoms with Crippen LogP contribution in [-0.2, 0) is 26.5 Å².